The first kappa shape index (κ1) is 10.8. The number of carbonyl (C=O) groups excluding carboxylic acids is 1. The van der Waals surface area contributed by atoms with Gasteiger partial charge in [-0.15, -0.1) is 0 Å². The van der Waals surface area contributed by atoms with Crippen LogP contribution >= 0.6 is 0 Å². The van der Waals surface area contributed by atoms with E-state index in [2.05, 4.69) is 4.74 Å². The van der Waals surface area contributed by atoms with Crippen LogP contribution in [0.2, 0.25) is 0 Å². The number of carbonyl (C=O) groups is 1. The maximum atomic E-state index is 11.2. The van der Waals surface area contributed by atoms with Crippen LogP contribution in [-0.2, 0) is 19.0 Å². The lowest BCUT2D eigenvalue weighted by atomic mass is 10.1. The molecule has 0 fully saturated rings. The second-order valence-electron chi connectivity index (χ2n) is 3.05. The number of ether oxygens (including phenoxy) is 3. The van der Waals surface area contributed by atoms with Crippen molar-refractivity contribution in [2.45, 2.75) is 20.1 Å². The number of rotatable bonds is 2. The summed E-state index contributed by atoms with van der Waals surface area (Å²) in [6.45, 7) is 3.79. The second kappa shape index (κ2) is 4.28. The molecule has 0 unspecified atom stereocenters. The van der Waals surface area contributed by atoms with E-state index in [-0.39, 0.29) is 5.76 Å². The molecule has 1 aliphatic heterocycles. The van der Waals surface area contributed by atoms with Crippen molar-refractivity contribution in [2.75, 3.05) is 14.2 Å². The van der Waals surface area contributed by atoms with Crippen LogP contribution in [0.3, 0.4) is 0 Å². The highest BCUT2D eigenvalue weighted by atomic mass is 16.7. The molecular weight excluding hydrogens is 184 g/mol. The number of methoxy groups -OCH3 is 2. The third-order valence-electron chi connectivity index (χ3n) is 2.16. The molecule has 78 valence electrons. The smallest absolute Gasteiger partial charge is 0.373 e. The molecule has 1 rings (SSSR count). The second-order valence-corrected chi connectivity index (χ2v) is 3.05. The highest BCUT2D eigenvalue weighted by Gasteiger charge is 2.24. The van der Waals surface area contributed by atoms with Gasteiger partial charge in [-0.2, -0.15) is 0 Å². The minimum Gasteiger partial charge on any atom is -0.463 e. The minimum atomic E-state index is -0.492. The molecule has 14 heavy (non-hydrogen) atoms. The van der Waals surface area contributed by atoms with Gasteiger partial charge in [0.25, 0.3) is 0 Å². The average Bonchev–Trinajstić information content (AvgIpc) is 2.20. The normalized spacial score (nSPS) is 21.4. The molecule has 0 spiro atoms. The Morgan fingerprint density at radius 2 is 2.07 bits per heavy atom. The van der Waals surface area contributed by atoms with E-state index in [0.717, 1.165) is 11.1 Å². The molecule has 0 bridgehead atoms. The lowest BCUT2D eigenvalue weighted by Gasteiger charge is -2.24. The molecule has 0 N–H and O–H groups in total. The van der Waals surface area contributed by atoms with Crippen LogP contribution in [-0.4, -0.2) is 26.5 Å². The topological polar surface area (TPSA) is 44.8 Å². The van der Waals surface area contributed by atoms with E-state index < -0.39 is 12.3 Å². The zero-order valence-electron chi connectivity index (χ0n) is 8.79. The van der Waals surface area contributed by atoms with Crippen LogP contribution in [0.1, 0.15) is 13.8 Å². The van der Waals surface area contributed by atoms with Crippen LogP contribution in [0, 0.1) is 0 Å². The standard InChI is InChI=1S/C10H14O4/c1-6-5-8(9(11)12-3)14-10(13-4)7(6)2/h5,10H,1-4H3/t10-/m1/s1. The molecule has 4 heteroatoms. The summed E-state index contributed by atoms with van der Waals surface area (Å²) in [5.41, 5.74) is 1.92. The van der Waals surface area contributed by atoms with Gasteiger partial charge in [-0.3, -0.25) is 0 Å². The first-order valence-corrected chi connectivity index (χ1v) is 4.27. The zero-order chi connectivity index (χ0) is 10.7. The Morgan fingerprint density at radius 1 is 1.43 bits per heavy atom. The maximum absolute atomic E-state index is 11.2. The van der Waals surface area contributed by atoms with Crippen molar-refractivity contribution >= 4 is 5.97 Å². The largest absolute Gasteiger partial charge is 0.463 e. The van der Waals surface area contributed by atoms with Crippen LogP contribution < -0.4 is 0 Å². The third kappa shape index (κ3) is 1.96. The van der Waals surface area contributed by atoms with Gasteiger partial charge in [-0.1, -0.05) is 0 Å². The van der Waals surface area contributed by atoms with Crippen molar-refractivity contribution in [1.29, 1.82) is 0 Å². The summed E-state index contributed by atoms with van der Waals surface area (Å²) in [4.78, 5) is 11.2. The van der Waals surface area contributed by atoms with E-state index in [9.17, 15) is 4.79 Å². The van der Waals surface area contributed by atoms with E-state index in [1.54, 1.807) is 6.08 Å². The molecule has 0 aromatic carbocycles. The molecular formula is C10H14O4. The fraction of sp³-hybridized carbons (Fsp3) is 0.500. The highest BCUT2D eigenvalue weighted by Crippen LogP contribution is 2.23. The van der Waals surface area contributed by atoms with Crippen molar-refractivity contribution in [2.24, 2.45) is 0 Å². The van der Waals surface area contributed by atoms with Crippen LogP contribution in [0.5, 0.6) is 0 Å². The van der Waals surface area contributed by atoms with Crippen molar-refractivity contribution in [1.82, 2.24) is 0 Å². The maximum Gasteiger partial charge on any atom is 0.373 e. The monoisotopic (exact) mass is 198 g/mol. The van der Waals surface area contributed by atoms with Gasteiger partial charge in [0.2, 0.25) is 12.0 Å². The van der Waals surface area contributed by atoms with Gasteiger partial charge in [-0.25, -0.2) is 4.79 Å². The molecule has 0 aliphatic carbocycles. The fourth-order valence-electron chi connectivity index (χ4n) is 1.17. The number of hydrogen-bond donors (Lipinski definition) is 0. The van der Waals surface area contributed by atoms with Gasteiger partial charge in [0, 0.05) is 7.11 Å². The molecule has 1 atom stereocenters. The average molecular weight is 198 g/mol. The Morgan fingerprint density at radius 3 is 2.57 bits per heavy atom. The molecule has 0 aromatic rings. The van der Waals surface area contributed by atoms with Crippen LogP contribution in [0.15, 0.2) is 23.0 Å². The summed E-state index contributed by atoms with van der Waals surface area (Å²) in [6, 6.07) is 0. The van der Waals surface area contributed by atoms with Crippen LogP contribution in [0.25, 0.3) is 0 Å². The van der Waals surface area contributed by atoms with Gasteiger partial charge in [-0.05, 0) is 31.1 Å². The van der Waals surface area contributed by atoms with Crippen molar-refractivity contribution in [3.8, 4) is 0 Å². The Balaban J connectivity index is 2.93. The quantitative estimate of drug-likeness (QED) is 0.629. The lowest BCUT2D eigenvalue weighted by Crippen LogP contribution is -2.24. The summed E-state index contributed by atoms with van der Waals surface area (Å²) in [7, 11) is 2.84. The fourth-order valence-corrected chi connectivity index (χ4v) is 1.17. The first-order valence-electron chi connectivity index (χ1n) is 4.27. The van der Waals surface area contributed by atoms with E-state index in [1.165, 1.54) is 14.2 Å². The molecule has 0 aromatic heterocycles. The summed E-state index contributed by atoms with van der Waals surface area (Å²) >= 11 is 0. The first-order chi connectivity index (χ1) is 6.60. The van der Waals surface area contributed by atoms with E-state index in [0.29, 0.717) is 0 Å². The highest BCUT2D eigenvalue weighted by molar-refractivity contribution is 5.87. The molecule has 0 saturated carbocycles. The van der Waals surface area contributed by atoms with Crippen LogP contribution in [0.4, 0.5) is 0 Å². The number of allylic oxidation sites excluding steroid dienone is 2. The van der Waals surface area contributed by atoms with Gasteiger partial charge in [0.05, 0.1) is 7.11 Å². The molecule has 0 saturated heterocycles. The van der Waals surface area contributed by atoms with E-state index in [1.807, 2.05) is 13.8 Å². The predicted octanol–water partition coefficient (Wildman–Crippen LogP) is 1.38. The predicted molar refractivity (Wildman–Crippen MR) is 50.4 cm³/mol. The van der Waals surface area contributed by atoms with E-state index >= 15 is 0 Å². The third-order valence-corrected chi connectivity index (χ3v) is 2.16. The summed E-state index contributed by atoms with van der Waals surface area (Å²) in [6.07, 6.45) is 1.16. The summed E-state index contributed by atoms with van der Waals surface area (Å²) in [5.74, 6) is -0.304. The van der Waals surface area contributed by atoms with Gasteiger partial charge < -0.3 is 14.2 Å². The Bertz CT molecular complexity index is 301. The molecule has 1 aliphatic rings. The van der Waals surface area contributed by atoms with Crippen molar-refractivity contribution in [3.63, 3.8) is 0 Å². The van der Waals surface area contributed by atoms with Gasteiger partial charge in [0.15, 0.2) is 0 Å². The van der Waals surface area contributed by atoms with Crippen molar-refractivity contribution < 1.29 is 19.0 Å². The Hall–Kier alpha value is -1.29. The number of hydrogen-bond acceptors (Lipinski definition) is 4. The van der Waals surface area contributed by atoms with Gasteiger partial charge in [0.1, 0.15) is 0 Å². The molecule has 4 nitrogen and oxygen atoms in total. The zero-order valence-corrected chi connectivity index (χ0v) is 8.79. The molecule has 0 radical (unpaired) electrons. The summed E-state index contributed by atoms with van der Waals surface area (Å²) < 4.78 is 14.9. The van der Waals surface area contributed by atoms with Crippen molar-refractivity contribution in [3.05, 3.63) is 23.0 Å². The molecule has 0 amide bonds. The Kier molecular flexibility index (Phi) is 3.30. The SMILES string of the molecule is COC(=O)C1=CC(C)=C(C)[C@H](OC)O1. The minimum absolute atomic E-state index is 0.183. The number of esters is 1. The Labute approximate surface area is 83.1 Å². The summed E-state index contributed by atoms with van der Waals surface area (Å²) in [5, 5.41) is 0. The van der Waals surface area contributed by atoms with Gasteiger partial charge >= 0.3 is 5.97 Å². The van der Waals surface area contributed by atoms with E-state index in [4.69, 9.17) is 9.47 Å². The lowest BCUT2D eigenvalue weighted by molar-refractivity contribution is -0.147. The molecule has 1 heterocycles.